The predicted octanol–water partition coefficient (Wildman–Crippen LogP) is 4.19. The molecule has 33 heavy (non-hydrogen) atoms. The summed E-state index contributed by atoms with van der Waals surface area (Å²) in [5.74, 6) is 3.07. The monoisotopic (exact) mass is 445 g/mol. The molecule has 1 aromatic carbocycles. The van der Waals surface area contributed by atoms with Gasteiger partial charge in [-0.2, -0.15) is 0 Å². The van der Waals surface area contributed by atoms with Crippen LogP contribution in [-0.2, 0) is 4.74 Å². The lowest BCUT2D eigenvalue weighted by atomic mass is 10.0. The Morgan fingerprint density at radius 3 is 2.85 bits per heavy atom. The highest BCUT2D eigenvalue weighted by molar-refractivity contribution is 5.98. The number of carbonyl (C=O) groups is 1. The molecule has 0 unspecified atom stereocenters. The van der Waals surface area contributed by atoms with Crippen LogP contribution in [0.5, 0.6) is 5.75 Å². The second-order valence-corrected chi connectivity index (χ2v) is 9.08. The number of fused-ring (bicyclic) bond motifs is 1. The van der Waals surface area contributed by atoms with E-state index in [1.807, 2.05) is 32.9 Å². The zero-order valence-corrected chi connectivity index (χ0v) is 19.0. The first kappa shape index (κ1) is 22.3. The Kier molecular flexibility index (Phi) is 6.05. The number of benzene rings is 1. The average Bonchev–Trinajstić information content (AvgIpc) is 2.78. The number of terminal acetylenes is 1. The summed E-state index contributed by atoms with van der Waals surface area (Å²) in [6.07, 6.45) is 8.53. The lowest BCUT2D eigenvalue weighted by molar-refractivity contribution is 0.0206. The van der Waals surface area contributed by atoms with Crippen LogP contribution < -0.4 is 5.32 Å². The molecule has 1 aliphatic heterocycles. The third kappa shape index (κ3) is 4.98. The van der Waals surface area contributed by atoms with E-state index in [1.165, 1.54) is 6.07 Å². The zero-order chi connectivity index (χ0) is 23.6. The Balaban J connectivity index is 1.61. The number of anilines is 1. The summed E-state index contributed by atoms with van der Waals surface area (Å²) in [6, 6.07) is 8.69. The van der Waals surface area contributed by atoms with E-state index in [1.54, 1.807) is 23.2 Å². The maximum Gasteiger partial charge on any atom is 0.410 e. The summed E-state index contributed by atoms with van der Waals surface area (Å²) in [4.78, 5) is 18.7. The summed E-state index contributed by atoms with van der Waals surface area (Å²) in [6.45, 7) is 6.73. The molecule has 8 heteroatoms. The minimum absolute atomic E-state index is 0.0139. The van der Waals surface area contributed by atoms with Crippen molar-refractivity contribution in [3.63, 3.8) is 0 Å². The number of hydrogen-bond donors (Lipinski definition) is 2. The molecule has 0 radical (unpaired) electrons. The smallest absolute Gasteiger partial charge is 0.410 e. The van der Waals surface area contributed by atoms with Crippen LogP contribution in [0.15, 0.2) is 36.5 Å². The van der Waals surface area contributed by atoms with E-state index in [9.17, 15) is 9.90 Å². The average molecular weight is 446 g/mol. The van der Waals surface area contributed by atoms with Crippen LogP contribution in [-0.4, -0.2) is 56.0 Å². The molecule has 0 spiro atoms. The van der Waals surface area contributed by atoms with Crippen molar-refractivity contribution >= 4 is 22.8 Å². The number of phenols is 1. The largest absolute Gasteiger partial charge is 0.507 e. The van der Waals surface area contributed by atoms with Crippen LogP contribution in [0, 0.1) is 12.3 Å². The van der Waals surface area contributed by atoms with Crippen LogP contribution in [0.4, 0.5) is 10.6 Å². The Bertz CT molecular complexity index is 1230. The number of hydrogen-bond acceptors (Lipinski definition) is 7. The zero-order valence-electron chi connectivity index (χ0n) is 19.0. The third-order valence-electron chi connectivity index (χ3n) is 5.37. The quantitative estimate of drug-likeness (QED) is 0.583. The molecule has 3 aromatic rings. The van der Waals surface area contributed by atoms with Gasteiger partial charge < -0.3 is 20.1 Å². The lowest BCUT2D eigenvalue weighted by Crippen LogP contribution is -2.47. The van der Waals surface area contributed by atoms with Gasteiger partial charge in [0.2, 0.25) is 0 Å². The van der Waals surface area contributed by atoms with Crippen molar-refractivity contribution in [1.29, 1.82) is 0 Å². The lowest BCUT2D eigenvalue weighted by Gasteiger charge is -2.34. The Morgan fingerprint density at radius 1 is 1.30 bits per heavy atom. The molecule has 0 bridgehead atoms. The first-order valence-electron chi connectivity index (χ1n) is 10.9. The molecule has 3 heterocycles. The maximum atomic E-state index is 12.5. The van der Waals surface area contributed by atoms with Gasteiger partial charge in [-0.3, -0.25) is 4.98 Å². The molecular formula is C25H27N5O3. The van der Waals surface area contributed by atoms with E-state index in [0.717, 1.165) is 18.2 Å². The number of nitrogens with one attached hydrogen (secondary N) is 1. The fourth-order valence-electron chi connectivity index (χ4n) is 3.88. The molecule has 2 aromatic heterocycles. The van der Waals surface area contributed by atoms with Crippen molar-refractivity contribution in [1.82, 2.24) is 20.1 Å². The van der Waals surface area contributed by atoms with Crippen LogP contribution in [0.25, 0.3) is 22.2 Å². The molecule has 8 nitrogen and oxygen atoms in total. The molecule has 170 valence electrons. The number of likely N-dealkylation sites (tertiary alicyclic amines) is 1. The van der Waals surface area contributed by atoms with Gasteiger partial charge in [0, 0.05) is 41.8 Å². The predicted molar refractivity (Wildman–Crippen MR) is 127 cm³/mol. The van der Waals surface area contributed by atoms with E-state index in [-0.39, 0.29) is 17.9 Å². The number of carbonyl (C=O) groups excluding carboxylic acids is 1. The molecule has 1 aliphatic rings. The fourth-order valence-corrected chi connectivity index (χ4v) is 3.88. The normalized spacial score (nSPS) is 16.3. The molecular weight excluding hydrogens is 418 g/mol. The van der Waals surface area contributed by atoms with Gasteiger partial charge in [-0.15, -0.1) is 16.6 Å². The molecule has 0 aliphatic carbocycles. The van der Waals surface area contributed by atoms with Crippen molar-refractivity contribution in [3.8, 4) is 29.4 Å². The van der Waals surface area contributed by atoms with Crippen molar-refractivity contribution in [2.24, 2.45) is 0 Å². The first-order valence-corrected chi connectivity index (χ1v) is 10.9. The highest BCUT2D eigenvalue weighted by Gasteiger charge is 2.28. The molecule has 1 fully saturated rings. The fraction of sp³-hybridized carbons (Fsp3) is 0.360. The van der Waals surface area contributed by atoms with Crippen molar-refractivity contribution in [3.05, 3.63) is 42.1 Å². The Hall–Kier alpha value is -3.86. The number of nitrogens with zero attached hydrogens (tertiary/aromatic N) is 4. The van der Waals surface area contributed by atoms with Crippen molar-refractivity contribution in [2.75, 3.05) is 18.4 Å². The minimum atomic E-state index is -0.539. The first-order chi connectivity index (χ1) is 15.7. The van der Waals surface area contributed by atoms with E-state index in [2.05, 4.69) is 26.4 Å². The molecule has 0 saturated carbocycles. The van der Waals surface area contributed by atoms with Gasteiger partial charge in [-0.05, 0) is 63.9 Å². The SMILES string of the molecule is C#Cc1ccc(-c2nnc(N[C@@H]3CCCN(C(=O)OC(C)(C)C)C3)c3ncccc23)c(O)c1. The number of ether oxygens (including phenoxy) is 1. The van der Waals surface area contributed by atoms with Gasteiger partial charge in [0.15, 0.2) is 5.82 Å². The molecule has 2 N–H and O–H groups in total. The van der Waals surface area contributed by atoms with Gasteiger partial charge in [0.05, 0.1) is 0 Å². The van der Waals surface area contributed by atoms with Crippen molar-refractivity contribution in [2.45, 2.75) is 45.3 Å². The highest BCUT2D eigenvalue weighted by Crippen LogP contribution is 2.34. The van der Waals surface area contributed by atoms with Crippen LogP contribution in [0.1, 0.15) is 39.2 Å². The molecule has 1 atom stereocenters. The van der Waals surface area contributed by atoms with E-state index < -0.39 is 5.60 Å². The number of aromatic nitrogens is 3. The second-order valence-electron chi connectivity index (χ2n) is 9.08. The molecule has 4 rings (SSSR count). The molecule has 1 amide bonds. The van der Waals surface area contributed by atoms with Crippen molar-refractivity contribution < 1.29 is 14.6 Å². The highest BCUT2D eigenvalue weighted by atomic mass is 16.6. The van der Waals surface area contributed by atoms with Gasteiger partial charge in [0.25, 0.3) is 0 Å². The standard InChI is InChI=1S/C25H27N5O3/c1-5-16-10-11-18(20(31)14-16)21-19-9-6-12-26-22(19)23(29-28-21)27-17-8-7-13-30(15-17)24(32)33-25(2,3)4/h1,6,9-12,14,17,31H,7-8,13,15H2,2-4H3,(H,27,29)/t17-/m1/s1. The van der Waals surface area contributed by atoms with Gasteiger partial charge in [0.1, 0.15) is 22.6 Å². The summed E-state index contributed by atoms with van der Waals surface area (Å²) in [5, 5.41) is 23.4. The van der Waals surface area contributed by atoms with E-state index in [4.69, 9.17) is 11.2 Å². The number of pyridine rings is 1. The van der Waals surface area contributed by atoms with E-state index >= 15 is 0 Å². The van der Waals surface area contributed by atoms with Crippen LogP contribution in [0.3, 0.4) is 0 Å². The summed E-state index contributed by atoms with van der Waals surface area (Å²) >= 11 is 0. The van der Waals surface area contributed by atoms with Gasteiger partial charge >= 0.3 is 6.09 Å². The summed E-state index contributed by atoms with van der Waals surface area (Å²) < 4.78 is 5.52. The van der Waals surface area contributed by atoms with Gasteiger partial charge in [-0.1, -0.05) is 5.92 Å². The Labute approximate surface area is 193 Å². The Morgan fingerprint density at radius 2 is 2.12 bits per heavy atom. The summed E-state index contributed by atoms with van der Waals surface area (Å²) in [7, 11) is 0. The third-order valence-corrected chi connectivity index (χ3v) is 5.37. The van der Waals surface area contributed by atoms with E-state index in [0.29, 0.717) is 41.2 Å². The minimum Gasteiger partial charge on any atom is -0.507 e. The van der Waals surface area contributed by atoms with Crippen LogP contribution >= 0.6 is 0 Å². The van der Waals surface area contributed by atoms with Gasteiger partial charge in [-0.25, -0.2) is 4.79 Å². The number of rotatable bonds is 3. The number of piperidine rings is 1. The van der Waals surface area contributed by atoms with Crippen LogP contribution in [0.2, 0.25) is 0 Å². The molecule has 1 saturated heterocycles. The number of amides is 1. The maximum absolute atomic E-state index is 12.5. The number of aromatic hydroxyl groups is 1. The number of phenolic OH excluding ortho intramolecular Hbond substituents is 1. The topological polar surface area (TPSA) is 100 Å². The second kappa shape index (κ2) is 8.94. The summed E-state index contributed by atoms with van der Waals surface area (Å²) in [5.41, 5.74) is 1.72.